The summed E-state index contributed by atoms with van der Waals surface area (Å²) in [5.74, 6) is -0.375. The minimum absolute atomic E-state index is 0.153. The highest BCUT2D eigenvalue weighted by molar-refractivity contribution is 5.95. The lowest BCUT2D eigenvalue weighted by Gasteiger charge is -2.13. The van der Waals surface area contributed by atoms with Crippen molar-refractivity contribution in [3.8, 4) is 0 Å². The molecule has 0 unspecified atom stereocenters. The first-order valence-electron chi connectivity index (χ1n) is 7.27. The molecule has 0 spiro atoms. The molecular weight excluding hydrogens is 254 g/mol. The van der Waals surface area contributed by atoms with Crippen LogP contribution in [0.15, 0.2) is 18.2 Å². The minimum Gasteiger partial charge on any atom is -0.459 e. The maximum atomic E-state index is 11.9. The summed E-state index contributed by atoms with van der Waals surface area (Å²) in [6.45, 7) is 4.16. The normalized spacial score (nSPS) is 15.8. The first kappa shape index (κ1) is 14.9. The molecule has 20 heavy (non-hydrogen) atoms. The van der Waals surface area contributed by atoms with E-state index < -0.39 is 0 Å². The summed E-state index contributed by atoms with van der Waals surface area (Å²) in [4.78, 5) is 11.9. The highest BCUT2D eigenvalue weighted by Crippen LogP contribution is 2.23. The Morgan fingerprint density at radius 2 is 2.05 bits per heavy atom. The Morgan fingerprint density at radius 3 is 2.70 bits per heavy atom. The molecule has 4 nitrogen and oxygen atoms in total. The van der Waals surface area contributed by atoms with E-state index in [-0.39, 0.29) is 12.1 Å². The summed E-state index contributed by atoms with van der Waals surface area (Å²) in [7, 11) is 0. The molecule has 0 amide bonds. The van der Waals surface area contributed by atoms with Crippen LogP contribution in [0.3, 0.4) is 0 Å². The van der Waals surface area contributed by atoms with Crippen molar-refractivity contribution >= 4 is 11.7 Å². The van der Waals surface area contributed by atoms with Gasteiger partial charge in [0.2, 0.25) is 0 Å². The number of benzene rings is 1. The molecule has 4 heteroatoms. The highest BCUT2D eigenvalue weighted by atomic mass is 16.5. The molecule has 0 saturated heterocycles. The molecule has 0 radical (unpaired) electrons. The minimum atomic E-state index is -0.375. The quantitative estimate of drug-likeness (QED) is 0.662. The van der Waals surface area contributed by atoms with E-state index in [1.54, 1.807) is 12.1 Å². The van der Waals surface area contributed by atoms with Crippen molar-refractivity contribution in [1.29, 1.82) is 0 Å². The fourth-order valence-corrected chi connectivity index (χ4v) is 2.42. The van der Waals surface area contributed by atoms with Gasteiger partial charge in [0.25, 0.3) is 0 Å². The molecule has 2 N–H and O–H groups in total. The van der Waals surface area contributed by atoms with Crippen molar-refractivity contribution < 1.29 is 14.3 Å². The van der Waals surface area contributed by atoms with Crippen LogP contribution in [0.2, 0.25) is 0 Å². The predicted molar refractivity (Wildman–Crippen MR) is 78.5 cm³/mol. The standard InChI is InChI=1S/C16H23NO3/c1-11(2)20-16(18)14-9-12(7-8-15(14)17)10-19-13-5-3-4-6-13/h7-9,11,13H,3-6,10,17H2,1-2H3. The van der Waals surface area contributed by atoms with Crippen molar-refractivity contribution in [2.45, 2.75) is 58.3 Å². The van der Waals surface area contributed by atoms with Crippen molar-refractivity contribution in [1.82, 2.24) is 0 Å². The number of hydrogen-bond donors (Lipinski definition) is 1. The molecule has 1 fully saturated rings. The van der Waals surface area contributed by atoms with Crippen LogP contribution >= 0.6 is 0 Å². The van der Waals surface area contributed by atoms with E-state index in [0.717, 1.165) is 18.4 Å². The number of nitrogens with two attached hydrogens (primary N) is 1. The van der Waals surface area contributed by atoms with Gasteiger partial charge >= 0.3 is 5.97 Å². The van der Waals surface area contributed by atoms with Gasteiger partial charge in [-0.1, -0.05) is 18.9 Å². The number of hydrogen-bond acceptors (Lipinski definition) is 4. The molecule has 1 aromatic carbocycles. The van der Waals surface area contributed by atoms with Crippen molar-refractivity contribution in [3.63, 3.8) is 0 Å². The lowest BCUT2D eigenvalue weighted by Crippen LogP contribution is -2.14. The Morgan fingerprint density at radius 1 is 1.35 bits per heavy atom. The number of esters is 1. The Bertz CT molecular complexity index is 465. The maximum absolute atomic E-state index is 11.9. The van der Waals surface area contributed by atoms with Gasteiger partial charge in [0.05, 0.1) is 24.4 Å². The molecule has 0 heterocycles. The molecule has 1 aliphatic carbocycles. The van der Waals surface area contributed by atoms with Gasteiger partial charge in [0.1, 0.15) is 0 Å². The number of rotatable bonds is 5. The second kappa shape index (κ2) is 6.75. The molecule has 110 valence electrons. The van der Waals surface area contributed by atoms with Crippen LogP contribution in [0.4, 0.5) is 5.69 Å². The van der Waals surface area contributed by atoms with E-state index in [1.807, 2.05) is 19.9 Å². The Balaban J connectivity index is 2.01. The van der Waals surface area contributed by atoms with E-state index in [4.69, 9.17) is 15.2 Å². The van der Waals surface area contributed by atoms with Gasteiger partial charge in [-0.3, -0.25) is 0 Å². The largest absolute Gasteiger partial charge is 0.459 e. The third-order valence-electron chi connectivity index (χ3n) is 3.47. The summed E-state index contributed by atoms with van der Waals surface area (Å²) in [6.07, 6.45) is 4.98. The van der Waals surface area contributed by atoms with Crippen LogP contribution in [0.5, 0.6) is 0 Å². The van der Waals surface area contributed by atoms with Gasteiger partial charge < -0.3 is 15.2 Å². The Labute approximate surface area is 120 Å². The van der Waals surface area contributed by atoms with E-state index >= 15 is 0 Å². The van der Waals surface area contributed by atoms with Gasteiger partial charge in [-0.25, -0.2) is 4.79 Å². The van der Waals surface area contributed by atoms with Crippen LogP contribution in [-0.2, 0) is 16.1 Å². The monoisotopic (exact) mass is 277 g/mol. The summed E-state index contributed by atoms with van der Waals surface area (Å²) in [5.41, 5.74) is 7.67. The number of ether oxygens (including phenoxy) is 2. The molecule has 0 bridgehead atoms. The van der Waals surface area contributed by atoms with Crippen LogP contribution in [0.25, 0.3) is 0 Å². The molecular formula is C16H23NO3. The van der Waals surface area contributed by atoms with E-state index in [1.165, 1.54) is 12.8 Å². The van der Waals surface area contributed by atoms with Crippen LogP contribution in [0.1, 0.15) is 55.5 Å². The van der Waals surface area contributed by atoms with Crippen molar-refractivity contribution in [2.24, 2.45) is 0 Å². The number of carbonyl (C=O) groups is 1. The Hall–Kier alpha value is -1.55. The molecule has 2 rings (SSSR count). The molecule has 0 aliphatic heterocycles. The second-order valence-corrected chi connectivity index (χ2v) is 5.59. The second-order valence-electron chi connectivity index (χ2n) is 5.59. The average Bonchev–Trinajstić information content (AvgIpc) is 2.90. The fraction of sp³-hybridized carbons (Fsp3) is 0.562. The van der Waals surface area contributed by atoms with E-state index in [0.29, 0.717) is 24.0 Å². The zero-order valence-corrected chi connectivity index (χ0v) is 12.2. The van der Waals surface area contributed by atoms with E-state index in [2.05, 4.69) is 0 Å². The number of carbonyl (C=O) groups excluding carboxylic acids is 1. The zero-order chi connectivity index (χ0) is 14.5. The molecule has 1 aromatic rings. The first-order valence-corrected chi connectivity index (χ1v) is 7.27. The summed E-state index contributed by atoms with van der Waals surface area (Å²) >= 11 is 0. The lowest BCUT2D eigenvalue weighted by atomic mass is 10.1. The number of anilines is 1. The van der Waals surface area contributed by atoms with E-state index in [9.17, 15) is 4.79 Å². The fourth-order valence-electron chi connectivity index (χ4n) is 2.42. The molecule has 1 aliphatic rings. The van der Waals surface area contributed by atoms with Gasteiger partial charge in [-0.2, -0.15) is 0 Å². The lowest BCUT2D eigenvalue weighted by molar-refractivity contribution is 0.0376. The van der Waals surface area contributed by atoms with Gasteiger partial charge in [-0.15, -0.1) is 0 Å². The van der Waals surface area contributed by atoms with Crippen LogP contribution < -0.4 is 5.73 Å². The van der Waals surface area contributed by atoms with Crippen molar-refractivity contribution in [2.75, 3.05) is 5.73 Å². The Kier molecular flexibility index (Phi) is 5.01. The van der Waals surface area contributed by atoms with Crippen LogP contribution in [-0.4, -0.2) is 18.2 Å². The highest BCUT2D eigenvalue weighted by Gasteiger charge is 2.17. The summed E-state index contributed by atoms with van der Waals surface area (Å²) in [5, 5.41) is 0. The maximum Gasteiger partial charge on any atom is 0.340 e. The van der Waals surface area contributed by atoms with Gasteiger partial charge in [-0.05, 0) is 44.4 Å². The van der Waals surface area contributed by atoms with Crippen LogP contribution in [0, 0.1) is 0 Å². The third-order valence-corrected chi connectivity index (χ3v) is 3.47. The SMILES string of the molecule is CC(C)OC(=O)c1cc(COC2CCCC2)ccc1N. The predicted octanol–water partition coefficient (Wildman–Crippen LogP) is 3.29. The van der Waals surface area contributed by atoms with Gasteiger partial charge in [0.15, 0.2) is 0 Å². The zero-order valence-electron chi connectivity index (χ0n) is 12.2. The molecule has 1 saturated carbocycles. The van der Waals surface area contributed by atoms with Gasteiger partial charge in [0, 0.05) is 5.69 Å². The molecule has 0 aromatic heterocycles. The first-order chi connectivity index (χ1) is 9.56. The summed E-state index contributed by atoms with van der Waals surface area (Å²) < 4.78 is 11.0. The molecule has 0 atom stereocenters. The third kappa shape index (κ3) is 3.97. The van der Waals surface area contributed by atoms with Crippen molar-refractivity contribution in [3.05, 3.63) is 29.3 Å². The average molecular weight is 277 g/mol. The number of nitrogen functional groups attached to an aromatic ring is 1. The topological polar surface area (TPSA) is 61.5 Å². The summed E-state index contributed by atoms with van der Waals surface area (Å²) in [6, 6.07) is 5.41. The smallest absolute Gasteiger partial charge is 0.340 e.